The highest BCUT2D eigenvalue weighted by Gasteiger charge is 2.19. The number of carbonyl (C=O) groups is 1. The Kier molecular flexibility index (Phi) is 7.20. The van der Waals surface area contributed by atoms with Crippen LogP contribution in [0.1, 0.15) is 15.9 Å². The van der Waals surface area contributed by atoms with Crippen molar-refractivity contribution in [3.8, 4) is 11.5 Å². The molecule has 8 heteroatoms. The van der Waals surface area contributed by atoms with Gasteiger partial charge in [-0.25, -0.2) is 12.7 Å². The molecule has 0 fully saturated rings. The molecule has 0 aliphatic carbocycles. The molecule has 0 unspecified atom stereocenters. The molecule has 7 nitrogen and oxygen atoms in total. The number of hydrogen-bond donors (Lipinski definition) is 1. The molecule has 0 saturated carbocycles. The highest BCUT2D eigenvalue weighted by atomic mass is 32.2. The Morgan fingerprint density at radius 1 is 1.07 bits per heavy atom. The Hall–Kier alpha value is -2.58. The first kappa shape index (κ1) is 20.7. The molecule has 1 N–H and O–H groups in total. The first-order valence-corrected chi connectivity index (χ1v) is 9.96. The lowest BCUT2D eigenvalue weighted by Gasteiger charge is -2.17. The first-order chi connectivity index (χ1) is 12.9. The normalized spacial score (nSPS) is 11.3. The summed E-state index contributed by atoms with van der Waals surface area (Å²) in [5, 5.41) is 2.62. The van der Waals surface area contributed by atoms with Crippen LogP contribution in [-0.2, 0) is 16.6 Å². The van der Waals surface area contributed by atoms with Crippen LogP contribution in [0.2, 0.25) is 0 Å². The average molecular weight is 392 g/mol. The molecule has 0 radical (unpaired) electrons. The van der Waals surface area contributed by atoms with E-state index in [0.717, 1.165) is 5.56 Å². The fraction of sp³-hybridized carbons (Fsp3) is 0.316. The third-order valence-electron chi connectivity index (χ3n) is 4.02. The van der Waals surface area contributed by atoms with Crippen LogP contribution in [0.15, 0.2) is 48.5 Å². The molecule has 2 rings (SSSR count). The van der Waals surface area contributed by atoms with E-state index < -0.39 is 15.9 Å². The second kappa shape index (κ2) is 9.38. The summed E-state index contributed by atoms with van der Waals surface area (Å²) in [5.41, 5.74) is 1.21. The molecule has 0 bridgehead atoms. The summed E-state index contributed by atoms with van der Waals surface area (Å²) in [4.78, 5) is 12.3. The summed E-state index contributed by atoms with van der Waals surface area (Å²) in [5.74, 6) is 0.320. The fourth-order valence-electron chi connectivity index (χ4n) is 2.47. The van der Waals surface area contributed by atoms with E-state index in [2.05, 4.69) is 5.32 Å². The Bertz CT molecular complexity index is 869. The number of nitrogens with zero attached hydrogens (tertiary/aromatic N) is 1. The van der Waals surface area contributed by atoms with Gasteiger partial charge in [0.15, 0.2) is 0 Å². The van der Waals surface area contributed by atoms with Gasteiger partial charge in [-0.15, -0.1) is 0 Å². The molecule has 27 heavy (non-hydrogen) atoms. The maximum absolute atomic E-state index is 12.4. The number of hydrogen-bond acceptors (Lipinski definition) is 5. The van der Waals surface area contributed by atoms with Gasteiger partial charge in [-0.05, 0) is 17.7 Å². The van der Waals surface area contributed by atoms with E-state index in [1.807, 2.05) is 30.3 Å². The molecule has 2 aromatic carbocycles. The maximum atomic E-state index is 12.4. The largest absolute Gasteiger partial charge is 0.497 e. The van der Waals surface area contributed by atoms with Crippen LogP contribution in [0.3, 0.4) is 0 Å². The molecule has 0 atom stereocenters. The van der Waals surface area contributed by atoms with Gasteiger partial charge in [-0.1, -0.05) is 30.3 Å². The van der Waals surface area contributed by atoms with Crippen LogP contribution in [0.5, 0.6) is 11.5 Å². The van der Waals surface area contributed by atoms with Gasteiger partial charge in [-0.3, -0.25) is 4.79 Å². The van der Waals surface area contributed by atoms with Crippen LogP contribution in [0.4, 0.5) is 0 Å². The summed E-state index contributed by atoms with van der Waals surface area (Å²) < 4.78 is 36.4. The van der Waals surface area contributed by atoms with E-state index in [1.165, 1.54) is 25.6 Å². The van der Waals surface area contributed by atoms with Gasteiger partial charge >= 0.3 is 0 Å². The molecule has 0 aliphatic rings. The number of ether oxygens (including phenoxy) is 2. The van der Waals surface area contributed by atoms with Crippen molar-refractivity contribution in [2.24, 2.45) is 0 Å². The lowest BCUT2D eigenvalue weighted by Crippen LogP contribution is -2.35. The summed E-state index contributed by atoms with van der Waals surface area (Å²) >= 11 is 0. The molecule has 0 aliphatic heterocycles. The SMILES string of the molecule is COc1ccc(C(=O)NCCS(=O)(=O)N(C)Cc2ccccc2)c(OC)c1. The maximum Gasteiger partial charge on any atom is 0.255 e. The van der Waals surface area contributed by atoms with E-state index in [1.54, 1.807) is 18.2 Å². The number of carbonyl (C=O) groups excluding carboxylic acids is 1. The number of rotatable bonds is 9. The molecule has 1 amide bonds. The minimum atomic E-state index is -3.50. The molecular formula is C19H24N2O5S. The molecule has 146 valence electrons. The minimum Gasteiger partial charge on any atom is -0.497 e. The van der Waals surface area contributed by atoms with Gasteiger partial charge in [0.1, 0.15) is 11.5 Å². The van der Waals surface area contributed by atoms with Crippen LogP contribution in [-0.4, -0.2) is 52.2 Å². The topological polar surface area (TPSA) is 84.9 Å². The Morgan fingerprint density at radius 2 is 1.78 bits per heavy atom. The third kappa shape index (κ3) is 5.70. The Labute approximate surface area is 160 Å². The Morgan fingerprint density at radius 3 is 2.41 bits per heavy atom. The van der Waals surface area contributed by atoms with E-state index in [0.29, 0.717) is 17.1 Å². The summed E-state index contributed by atoms with van der Waals surface area (Å²) in [6.07, 6.45) is 0. The van der Waals surface area contributed by atoms with Crippen molar-refractivity contribution in [3.05, 3.63) is 59.7 Å². The second-order valence-electron chi connectivity index (χ2n) is 5.88. The molecule has 0 aromatic heterocycles. The highest BCUT2D eigenvalue weighted by Crippen LogP contribution is 2.24. The van der Waals surface area contributed by atoms with Crippen LogP contribution in [0.25, 0.3) is 0 Å². The fourth-order valence-corrected chi connectivity index (χ4v) is 3.49. The predicted molar refractivity (Wildman–Crippen MR) is 104 cm³/mol. The number of sulfonamides is 1. The van der Waals surface area contributed by atoms with Crippen LogP contribution >= 0.6 is 0 Å². The zero-order valence-corrected chi connectivity index (χ0v) is 16.5. The summed E-state index contributed by atoms with van der Waals surface area (Å²) in [7, 11) is 1.00. The lowest BCUT2D eigenvalue weighted by molar-refractivity contribution is 0.0953. The summed E-state index contributed by atoms with van der Waals surface area (Å²) in [6, 6.07) is 14.1. The van der Waals surface area contributed by atoms with Crippen LogP contribution < -0.4 is 14.8 Å². The van der Waals surface area contributed by atoms with E-state index in [4.69, 9.17) is 9.47 Å². The molecule has 0 heterocycles. The van der Waals surface area contributed by atoms with Crippen molar-refractivity contribution in [1.29, 1.82) is 0 Å². The third-order valence-corrected chi connectivity index (χ3v) is 5.82. The zero-order chi connectivity index (χ0) is 19.9. The van der Waals surface area contributed by atoms with Crippen molar-refractivity contribution in [2.45, 2.75) is 6.54 Å². The monoisotopic (exact) mass is 392 g/mol. The highest BCUT2D eigenvalue weighted by molar-refractivity contribution is 7.89. The van der Waals surface area contributed by atoms with Crippen molar-refractivity contribution < 1.29 is 22.7 Å². The van der Waals surface area contributed by atoms with Gasteiger partial charge in [0, 0.05) is 26.2 Å². The molecule has 0 saturated heterocycles. The van der Waals surface area contributed by atoms with Gasteiger partial charge in [0.2, 0.25) is 10.0 Å². The first-order valence-electron chi connectivity index (χ1n) is 8.35. The van der Waals surface area contributed by atoms with E-state index >= 15 is 0 Å². The number of benzene rings is 2. The smallest absolute Gasteiger partial charge is 0.255 e. The van der Waals surface area contributed by atoms with Gasteiger partial charge in [0.05, 0.1) is 25.5 Å². The standard InChI is InChI=1S/C19H24N2O5S/c1-21(14-15-7-5-4-6-8-15)27(23,24)12-11-20-19(22)17-10-9-16(25-2)13-18(17)26-3/h4-10,13H,11-12,14H2,1-3H3,(H,20,22). The van der Waals surface area contributed by atoms with Crippen molar-refractivity contribution in [3.63, 3.8) is 0 Å². The zero-order valence-electron chi connectivity index (χ0n) is 15.6. The number of methoxy groups -OCH3 is 2. The number of amides is 1. The van der Waals surface area contributed by atoms with Crippen molar-refractivity contribution in [2.75, 3.05) is 33.6 Å². The molecule has 0 spiro atoms. The van der Waals surface area contributed by atoms with E-state index in [9.17, 15) is 13.2 Å². The van der Waals surface area contributed by atoms with Crippen LogP contribution in [0, 0.1) is 0 Å². The van der Waals surface area contributed by atoms with Crippen molar-refractivity contribution in [1.82, 2.24) is 9.62 Å². The van der Waals surface area contributed by atoms with Crippen molar-refractivity contribution >= 4 is 15.9 Å². The lowest BCUT2D eigenvalue weighted by atomic mass is 10.2. The molecular weight excluding hydrogens is 368 g/mol. The second-order valence-corrected chi connectivity index (χ2v) is 8.08. The van der Waals surface area contributed by atoms with Gasteiger partial charge in [-0.2, -0.15) is 0 Å². The minimum absolute atomic E-state index is 0.00448. The molecule has 2 aromatic rings. The van der Waals surface area contributed by atoms with Gasteiger partial charge < -0.3 is 14.8 Å². The summed E-state index contributed by atoms with van der Waals surface area (Å²) in [6.45, 7) is 0.277. The average Bonchev–Trinajstić information content (AvgIpc) is 2.67. The quantitative estimate of drug-likeness (QED) is 0.705. The predicted octanol–water partition coefficient (Wildman–Crippen LogP) is 1.90. The van der Waals surface area contributed by atoms with E-state index in [-0.39, 0.29) is 18.8 Å². The Balaban J connectivity index is 1.93. The number of nitrogens with one attached hydrogen (secondary N) is 1. The van der Waals surface area contributed by atoms with Gasteiger partial charge in [0.25, 0.3) is 5.91 Å².